The molecule has 0 aliphatic carbocycles. The van der Waals surface area contributed by atoms with Crippen LogP contribution in [0, 0.1) is 22.0 Å². The predicted octanol–water partition coefficient (Wildman–Crippen LogP) is 2.31. The highest BCUT2D eigenvalue weighted by Gasteiger charge is 2.12. The van der Waals surface area contributed by atoms with Gasteiger partial charge in [-0.25, -0.2) is 0 Å². The average molecular weight is 236 g/mol. The predicted molar refractivity (Wildman–Crippen MR) is 68.0 cm³/mol. The van der Waals surface area contributed by atoms with Crippen molar-refractivity contribution >= 4 is 24.0 Å². The van der Waals surface area contributed by atoms with Crippen LogP contribution in [-0.4, -0.2) is 17.7 Å². The fourth-order valence-corrected chi connectivity index (χ4v) is 1.30. The molecule has 1 aromatic carbocycles. The second-order valence-corrected chi connectivity index (χ2v) is 3.46. The third-order valence-electron chi connectivity index (χ3n) is 1.93. The number of nitro groups is 1. The van der Waals surface area contributed by atoms with Gasteiger partial charge in [-0.2, -0.15) is 12.6 Å². The van der Waals surface area contributed by atoms with Crippen molar-refractivity contribution in [3.05, 3.63) is 33.9 Å². The van der Waals surface area contributed by atoms with Crippen molar-refractivity contribution < 1.29 is 4.92 Å². The van der Waals surface area contributed by atoms with E-state index >= 15 is 0 Å². The highest BCUT2D eigenvalue weighted by atomic mass is 32.1. The Bertz CT molecular complexity index is 449. The quantitative estimate of drug-likeness (QED) is 0.366. The maximum Gasteiger partial charge on any atom is 0.293 e. The second-order valence-electron chi connectivity index (χ2n) is 3.01. The second kappa shape index (κ2) is 6.03. The molecule has 1 N–H and O–H groups in total. The SMILES string of the molecule is CNc1ccc(C#CCCS)cc1[N+](=O)[O-]. The van der Waals surface area contributed by atoms with E-state index in [4.69, 9.17) is 0 Å². The number of nitro benzene ring substituents is 1. The standard InChI is InChI=1S/C11H12N2O2S/c1-12-10-6-5-9(4-2-3-7-16)8-11(10)13(14)15/h5-6,8,12,16H,3,7H2,1H3. The van der Waals surface area contributed by atoms with E-state index in [1.165, 1.54) is 6.07 Å². The summed E-state index contributed by atoms with van der Waals surface area (Å²) in [7, 11) is 1.65. The van der Waals surface area contributed by atoms with Crippen molar-refractivity contribution in [3.8, 4) is 11.8 Å². The fraction of sp³-hybridized carbons (Fsp3) is 0.273. The van der Waals surface area contributed by atoms with Crippen molar-refractivity contribution in [2.24, 2.45) is 0 Å². The van der Waals surface area contributed by atoms with Gasteiger partial charge in [-0.3, -0.25) is 10.1 Å². The molecule has 0 saturated carbocycles. The highest BCUT2D eigenvalue weighted by Crippen LogP contribution is 2.24. The Morgan fingerprint density at radius 1 is 1.56 bits per heavy atom. The van der Waals surface area contributed by atoms with E-state index in [1.807, 2.05) is 0 Å². The molecule has 84 valence electrons. The first-order valence-corrected chi connectivity index (χ1v) is 5.38. The lowest BCUT2D eigenvalue weighted by molar-refractivity contribution is -0.384. The third kappa shape index (κ3) is 3.17. The van der Waals surface area contributed by atoms with Crippen LogP contribution in [0.3, 0.4) is 0 Å². The van der Waals surface area contributed by atoms with Crippen LogP contribution in [0.2, 0.25) is 0 Å². The van der Waals surface area contributed by atoms with Gasteiger partial charge in [-0.05, 0) is 12.1 Å². The van der Waals surface area contributed by atoms with Gasteiger partial charge in [-0.15, -0.1) is 0 Å². The first-order chi connectivity index (χ1) is 7.69. The van der Waals surface area contributed by atoms with E-state index in [-0.39, 0.29) is 5.69 Å². The molecule has 0 heterocycles. The molecule has 4 nitrogen and oxygen atoms in total. The van der Waals surface area contributed by atoms with Gasteiger partial charge in [0.2, 0.25) is 0 Å². The van der Waals surface area contributed by atoms with E-state index in [1.54, 1.807) is 19.2 Å². The van der Waals surface area contributed by atoms with E-state index < -0.39 is 4.92 Å². The first-order valence-electron chi connectivity index (χ1n) is 4.75. The number of thiol groups is 1. The van der Waals surface area contributed by atoms with Gasteiger partial charge in [0.15, 0.2) is 0 Å². The summed E-state index contributed by atoms with van der Waals surface area (Å²) in [6.45, 7) is 0. The molecular formula is C11H12N2O2S. The Balaban J connectivity index is 3.04. The lowest BCUT2D eigenvalue weighted by atomic mass is 10.1. The third-order valence-corrected chi connectivity index (χ3v) is 2.16. The minimum atomic E-state index is -0.421. The first kappa shape index (κ1) is 12.4. The molecule has 0 aliphatic heterocycles. The van der Waals surface area contributed by atoms with Crippen LogP contribution in [0.1, 0.15) is 12.0 Å². The van der Waals surface area contributed by atoms with Crippen LogP contribution in [0.15, 0.2) is 18.2 Å². The lowest BCUT2D eigenvalue weighted by Gasteiger charge is -2.01. The van der Waals surface area contributed by atoms with Crippen molar-refractivity contribution in [2.45, 2.75) is 6.42 Å². The molecule has 1 aromatic rings. The molecule has 0 saturated heterocycles. The van der Waals surface area contributed by atoms with E-state index in [2.05, 4.69) is 29.8 Å². The summed E-state index contributed by atoms with van der Waals surface area (Å²) in [6, 6.07) is 4.88. The van der Waals surface area contributed by atoms with E-state index in [0.29, 0.717) is 23.4 Å². The number of rotatable bonds is 3. The molecule has 0 unspecified atom stereocenters. The van der Waals surface area contributed by atoms with Crippen LogP contribution < -0.4 is 5.32 Å². The Morgan fingerprint density at radius 2 is 2.31 bits per heavy atom. The summed E-state index contributed by atoms with van der Waals surface area (Å²) in [4.78, 5) is 10.3. The molecule has 0 spiro atoms. The summed E-state index contributed by atoms with van der Waals surface area (Å²) in [5.74, 6) is 6.43. The molecule has 5 heteroatoms. The molecule has 0 atom stereocenters. The molecule has 0 amide bonds. The Labute approximate surface area is 99.6 Å². The Kier molecular flexibility index (Phi) is 4.67. The van der Waals surface area contributed by atoms with Gasteiger partial charge in [0, 0.05) is 30.9 Å². The van der Waals surface area contributed by atoms with E-state index in [9.17, 15) is 10.1 Å². The van der Waals surface area contributed by atoms with Crippen LogP contribution in [0.5, 0.6) is 0 Å². The summed E-state index contributed by atoms with van der Waals surface area (Å²) in [6.07, 6.45) is 0.671. The molecule has 1 rings (SSSR count). The van der Waals surface area contributed by atoms with Crippen molar-refractivity contribution in [3.63, 3.8) is 0 Å². The molecule has 0 aliphatic rings. The fourth-order valence-electron chi connectivity index (χ4n) is 1.19. The monoisotopic (exact) mass is 236 g/mol. The molecule has 0 fully saturated rings. The summed E-state index contributed by atoms with van der Waals surface area (Å²) in [5, 5.41) is 13.5. The van der Waals surface area contributed by atoms with Crippen LogP contribution in [0.4, 0.5) is 11.4 Å². The highest BCUT2D eigenvalue weighted by molar-refractivity contribution is 7.80. The summed E-state index contributed by atoms with van der Waals surface area (Å²) < 4.78 is 0. The van der Waals surface area contributed by atoms with Gasteiger partial charge < -0.3 is 5.32 Å². The minimum Gasteiger partial charge on any atom is -0.383 e. The summed E-state index contributed by atoms with van der Waals surface area (Å²) in [5.41, 5.74) is 1.18. The van der Waals surface area contributed by atoms with E-state index in [0.717, 1.165) is 0 Å². The van der Waals surface area contributed by atoms with Gasteiger partial charge in [0.1, 0.15) is 5.69 Å². The van der Waals surface area contributed by atoms with Gasteiger partial charge in [0.05, 0.1) is 4.92 Å². The van der Waals surface area contributed by atoms with Crippen LogP contribution >= 0.6 is 12.6 Å². The average Bonchev–Trinajstić information content (AvgIpc) is 2.29. The maximum atomic E-state index is 10.8. The number of nitrogens with zero attached hydrogens (tertiary/aromatic N) is 1. The Morgan fingerprint density at radius 3 is 2.88 bits per heavy atom. The zero-order valence-corrected chi connectivity index (χ0v) is 9.75. The number of nitrogens with one attached hydrogen (secondary N) is 1. The van der Waals surface area contributed by atoms with Gasteiger partial charge in [-0.1, -0.05) is 11.8 Å². The minimum absolute atomic E-state index is 0.0418. The van der Waals surface area contributed by atoms with Crippen molar-refractivity contribution in [1.29, 1.82) is 0 Å². The number of hydrogen-bond acceptors (Lipinski definition) is 4. The molecule has 0 radical (unpaired) electrons. The topological polar surface area (TPSA) is 55.2 Å². The maximum absolute atomic E-state index is 10.8. The lowest BCUT2D eigenvalue weighted by Crippen LogP contribution is -1.96. The van der Waals surface area contributed by atoms with Gasteiger partial charge >= 0.3 is 0 Å². The largest absolute Gasteiger partial charge is 0.383 e. The number of anilines is 1. The zero-order valence-electron chi connectivity index (χ0n) is 8.86. The molecular weight excluding hydrogens is 224 g/mol. The van der Waals surface area contributed by atoms with Crippen LogP contribution in [0.25, 0.3) is 0 Å². The zero-order chi connectivity index (χ0) is 12.0. The number of benzene rings is 1. The molecule has 16 heavy (non-hydrogen) atoms. The Hall–Kier alpha value is -1.67. The molecule has 0 bridgehead atoms. The smallest absolute Gasteiger partial charge is 0.293 e. The summed E-state index contributed by atoms with van der Waals surface area (Å²) >= 11 is 4.03. The normalized spacial score (nSPS) is 9.12. The number of hydrogen-bond donors (Lipinski definition) is 2. The van der Waals surface area contributed by atoms with Gasteiger partial charge in [0.25, 0.3) is 5.69 Å². The van der Waals surface area contributed by atoms with Crippen molar-refractivity contribution in [1.82, 2.24) is 0 Å². The van der Waals surface area contributed by atoms with Crippen molar-refractivity contribution in [2.75, 3.05) is 18.1 Å². The van der Waals surface area contributed by atoms with Crippen LogP contribution in [-0.2, 0) is 0 Å². The molecule has 0 aromatic heterocycles.